The summed E-state index contributed by atoms with van der Waals surface area (Å²) in [5.41, 5.74) is 6.79. The maximum atomic E-state index is 13.6. The molecule has 2 N–H and O–H groups in total. The summed E-state index contributed by atoms with van der Waals surface area (Å²) in [4.78, 5) is 36.2. The Labute approximate surface area is 196 Å². The number of alkyl halides is 2. The number of anilines is 1. The molecule has 1 atom stereocenters. The van der Waals surface area contributed by atoms with Gasteiger partial charge >= 0.3 is 0 Å². The van der Waals surface area contributed by atoms with Gasteiger partial charge in [-0.15, -0.1) is 0 Å². The van der Waals surface area contributed by atoms with E-state index in [-0.39, 0.29) is 18.0 Å². The first kappa shape index (κ1) is 22.6. The summed E-state index contributed by atoms with van der Waals surface area (Å²) < 4.78 is 26.4. The Morgan fingerprint density at radius 2 is 1.88 bits per heavy atom. The lowest BCUT2D eigenvalue weighted by Gasteiger charge is -2.28. The van der Waals surface area contributed by atoms with E-state index in [0.717, 1.165) is 6.20 Å². The molecular formula is C22H18BrF2N7O. The van der Waals surface area contributed by atoms with E-state index in [9.17, 15) is 13.6 Å². The number of hydrogen-bond acceptors (Lipinski definition) is 7. The van der Waals surface area contributed by atoms with Gasteiger partial charge in [0.1, 0.15) is 11.6 Å². The highest BCUT2D eigenvalue weighted by Gasteiger charge is 2.26. The van der Waals surface area contributed by atoms with E-state index in [1.165, 1.54) is 23.2 Å². The average Bonchev–Trinajstić information content (AvgIpc) is 2.83. The van der Waals surface area contributed by atoms with Crippen molar-refractivity contribution in [3.63, 3.8) is 0 Å². The average molecular weight is 514 g/mol. The van der Waals surface area contributed by atoms with Crippen LogP contribution in [0.25, 0.3) is 11.0 Å². The van der Waals surface area contributed by atoms with Gasteiger partial charge in [-0.25, -0.2) is 28.7 Å². The first-order valence-electron chi connectivity index (χ1n) is 9.86. The Hall–Kier alpha value is -3.60. The van der Waals surface area contributed by atoms with E-state index in [4.69, 9.17) is 5.73 Å². The van der Waals surface area contributed by atoms with Gasteiger partial charge in [-0.3, -0.25) is 9.78 Å². The molecule has 168 valence electrons. The van der Waals surface area contributed by atoms with Crippen molar-refractivity contribution in [1.29, 1.82) is 0 Å². The van der Waals surface area contributed by atoms with E-state index in [2.05, 4.69) is 40.8 Å². The normalized spacial score (nSPS) is 12.2. The summed E-state index contributed by atoms with van der Waals surface area (Å²) in [6.45, 7) is 1.84. The molecule has 0 bridgehead atoms. The Morgan fingerprint density at radius 3 is 2.55 bits per heavy atom. The molecule has 0 saturated heterocycles. The summed E-state index contributed by atoms with van der Waals surface area (Å²) in [5, 5.41) is 0.630. The van der Waals surface area contributed by atoms with Crippen molar-refractivity contribution >= 4 is 38.7 Å². The number of amides is 1. The predicted molar refractivity (Wildman–Crippen MR) is 121 cm³/mol. The van der Waals surface area contributed by atoms with Crippen LogP contribution in [0, 0.1) is 0 Å². The van der Waals surface area contributed by atoms with Gasteiger partial charge in [-0.1, -0.05) is 0 Å². The van der Waals surface area contributed by atoms with Crippen LogP contribution in [-0.4, -0.2) is 35.7 Å². The van der Waals surface area contributed by atoms with Gasteiger partial charge in [0.2, 0.25) is 0 Å². The number of halogens is 3. The molecular weight excluding hydrogens is 496 g/mol. The number of nitrogen functional groups attached to an aromatic ring is 1. The van der Waals surface area contributed by atoms with Crippen LogP contribution in [0.2, 0.25) is 0 Å². The molecule has 0 aliphatic rings. The lowest BCUT2D eigenvalue weighted by atomic mass is 10.1. The number of pyridine rings is 3. The summed E-state index contributed by atoms with van der Waals surface area (Å²) in [7, 11) is 0. The van der Waals surface area contributed by atoms with Gasteiger partial charge < -0.3 is 10.6 Å². The van der Waals surface area contributed by atoms with Crippen LogP contribution in [0.4, 0.5) is 14.6 Å². The maximum absolute atomic E-state index is 13.6. The van der Waals surface area contributed by atoms with Crippen molar-refractivity contribution in [3.8, 4) is 0 Å². The van der Waals surface area contributed by atoms with Gasteiger partial charge in [0.05, 0.1) is 28.3 Å². The molecule has 0 unspecified atom stereocenters. The molecule has 0 aliphatic heterocycles. The number of carbonyl (C=O) groups is 1. The lowest BCUT2D eigenvalue weighted by Crippen LogP contribution is -2.34. The number of fused-ring (bicyclic) bond motifs is 1. The zero-order chi connectivity index (χ0) is 23.5. The quantitative estimate of drug-likeness (QED) is 0.403. The highest BCUT2D eigenvalue weighted by atomic mass is 79.9. The number of rotatable bonds is 6. The summed E-state index contributed by atoms with van der Waals surface area (Å²) in [6.07, 6.45) is 3.08. The molecule has 0 aromatic carbocycles. The summed E-state index contributed by atoms with van der Waals surface area (Å²) in [5.74, 6) is 0.377. The molecule has 4 rings (SSSR count). The van der Waals surface area contributed by atoms with Gasteiger partial charge in [0.25, 0.3) is 12.3 Å². The fourth-order valence-electron chi connectivity index (χ4n) is 3.22. The molecule has 1 amide bonds. The van der Waals surface area contributed by atoms with Crippen molar-refractivity contribution in [2.45, 2.75) is 25.9 Å². The number of nitrogens with zero attached hydrogens (tertiary/aromatic N) is 6. The van der Waals surface area contributed by atoms with Crippen LogP contribution in [-0.2, 0) is 6.54 Å². The van der Waals surface area contributed by atoms with Crippen molar-refractivity contribution in [2.24, 2.45) is 0 Å². The Kier molecular flexibility index (Phi) is 6.50. The molecule has 0 radical (unpaired) electrons. The molecule has 0 fully saturated rings. The number of aromatic nitrogens is 5. The minimum atomic E-state index is -2.62. The maximum Gasteiger partial charge on any atom is 0.265 e. The van der Waals surface area contributed by atoms with Crippen LogP contribution in [0.15, 0.2) is 59.6 Å². The van der Waals surface area contributed by atoms with Crippen molar-refractivity contribution in [3.05, 3.63) is 82.2 Å². The number of nitrogens with two attached hydrogens (primary N) is 1. The SMILES string of the molecule is C[C@H](c1ncccn1)N(Cc1ccc(C(F)F)cn1)C(=O)c1cnc2nc(N)c(Br)cc2c1. The largest absolute Gasteiger partial charge is 0.383 e. The van der Waals surface area contributed by atoms with E-state index in [1.807, 2.05) is 0 Å². The van der Waals surface area contributed by atoms with Crippen LogP contribution >= 0.6 is 15.9 Å². The Balaban J connectivity index is 1.70. The molecule has 11 heteroatoms. The fourth-order valence-corrected chi connectivity index (χ4v) is 3.55. The predicted octanol–water partition coefficient (Wildman–Crippen LogP) is 4.50. The smallest absolute Gasteiger partial charge is 0.265 e. The first-order chi connectivity index (χ1) is 15.8. The molecule has 0 spiro atoms. The van der Waals surface area contributed by atoms with Gasteiger partial charge in [-0.2, -0.15) is 0 Å². The second-order valence-corrected chi connectivity index (χ2v) is 8.08. The van der Waals surface area contributed by atoms with E-state index < -0.39 is 12.5 Å². The van der Waals surface area contributed by atoms with E-state index >= 15 is 0 Å². The van der Waals surface area contributed by atoms with Gasteiger partial charge in [0, 0.05) is 35.7 Å². The van der Waals surface area contributed by atoms with Crippen molar-refractivity contribution in [2.75, 3.05) is 5.73 Å². The van der Waals surface area contributed by atoms with Gasteiger partial charge in [-0.05, 0) is 53.2 Å². The number of hydrogen-bond donors (Lipinski definition) is 1. The topological polar surface area (TPSA) is 111 Å². The second-order valence-electron chi connectivity index (χ2n) is 7.23. The fraction of sp³-hybridized carbons (Fsp3) is 0.182. The second kappa shape index (κ2) is 9.49. The Bertz CT molecular complexity index is 1290. The molecule has 0 saturated carbocycles. The third-order valence-electron chi connectivity index (χ3n) is 5.02. The highest BCUT2D eigenvalue weighted by molar-refractivity contribution is 9.10. The summed E-state index contributed by atoms with van der Waals surface area (Å²) >= 11 is 3.33. The van der Waals surface area contributed by atoms with E-state index in [1.54, 1.807) is 37.5 Å². The lowest BCUT2D eigenvalue weighted by molar-refractivity contribution is 0.0663. The third kappa shape index (κ3) is 4.92. The highest BCUT2D eigenvalue weighted by Crippen LogP contribution is 2.26. The van der Waals surface area contributed by atoms with Crippen LogP contribution in [0.1, 0.15) is 46.8 Å². The molecule has 4 aromatic heterocycles. The van der Waals surface area contributed by atoms with Gasteiger partial charge in [0.15, 0.2) is 5.65 Å². The monoisotopic (exact) mass is 513 g/mol. The van der Waals surface area contributed by atoms with Crippen LogP contribution in [0.5, 0.6) is 0 Å². The minimum absolute atomic E-state index is 0.0590. The van der Waals surface area contributed by atoms with Crippen LogP contribution < -0.4 is 5.73 Å². The zero-order valence-corrected chi connectivity index (χ0v) is 18.9. The standard InChI is InChI=1S/C22H18BrF2N7O/c1-12(20-27-5-2-6-28-20)32(11-16-4-3-13(9-29-16)18(24)25)22(33)15-7-14-8-17(23)19(26)31-21(14)30-10-15/h2-10,12,18H,11H2,1H3,(H2,26,30,31)/t12-/m1/s1. The van der Waals surface area contributed by atoms with Crippen molar-refractivity contribution < 1.29 is 13.6 Å². The molecule has 8 nitrogen and oxygen atoms in total. The molecule has 0 aliphatic carbocycles. The molecule has 4 aromatic rings. The Morgan fingerprint density at radius 1 is 1.12 bits per heavy atom. The zero-order valence-electron chi connectivity index (χ0n) is 17.4. The number of carbonyl (C=O) groups excluding carboxylic acids is 1. The van der Waals surface area contributed by atoms with Crippen LogP contribution in [0.3, 0.4) is 0 Å². The first-order valence-corrected chi connectivity index (χ1v) is 10.7. The van der Waals surface area contributed by atoms with Crippen molar-refractivity contribution in [1.82, 2.24) is 29.8 Å². The summed E-state index contributed by atoms with van der Waals surface area (Å²) in [6, 6.07) is 7.33. The molecule has 33 heavy (non-hydrogen) atoms. The minimum Gasteiger partial charge on any atom is -0.383 e. The van der Waals surface area contributed by atoms with E-state index in [0.29, 0.717) is 38.4 Å². The molecule has 4 heterocycles. The third-order valence-corrected chi connectivity index (χ3v) is 5.65.